The topological polar surface area (TPSA) is 43.4 Å². The van der Waals surface area contributed by atoms with Crippen molar-refractivity contribution in [2.45, 2.75) is 26.2 Å². The molecule has 1 aromatic heterocycles. The van der Waals surface area contributed by atoms with E-state index in [9.17, 15) is 9.59 Å². The number of hydrogen-bond acceptors (Lipinski definition) is 4. The molecule has 0 saturated heterocycles. The monoisotopic (exact) mass is 224 g/mol. The van der Waals surface area contributed by atoms with Gasteiger partial charge in [0.1, 0.15) is 4.88 Å². The second-order valence-electron chi connectivity index (χ2n) is 4.10. The Labute approximate surface area is 92.1 Å². The van der Waals surface area contributed by atoms with E-state index in [0.29, 0.717) is 10.8 Å². The molecule has 0 aliphatic carbocycles. The number of carbonyl (C=O) groups excluding carboxylic acids is 2. The zero-order chi connectivity index (χ0) is 11.0. The van der Waals surface area contributed by atoms with Crippen LogP contribution in [0.2, 0.25) is 0 Å². The van der Waals surface area contributed by atoms with Crippen molar-refractivity contribution in [3.63, 3.8) is 0 Å². The van der Waals surface area contributed by atoms with E-state index in [2.05, 4.69) is 13.8 Å². The van der Waals surface area contributed by atoms with Crippen LogP contribution in [0.1, 0.15) is 41.4 Å². The second-order valence-corrected chi connectivity index (χ2v) is 5.01. The van der Waals surface area contributed by atoms with E-state index >= 15 is 0 Å². The molecule has 15 heavy (non-hydrogen) atoms. The van der Waals surface area contributed by atoms with Gasteiger partial charge in [-0.15, -0.1) is 11.3 Å². The van der Waals surface area contributed by atoms with E-state index < -0.39 is 11.9 Å². The third kappa shape index (κ3) is 1.81. The molecule has 1 atom stereocenters. The molecule has 3 nitrogen and oxygen atoms in total. The Kier molecular flexibility index (Phi) is 2.61. The van der Waals surface area contributed by atoms with Crippen molar-refractivity contribution in [1.82, 2.24) is 0 Å². The summed E-state index contributed by atoms with van der Waals surface area (Å²) < 4.78 is 4.72. The minimum Gasteiger partial charge on any atom is -0.388 e. The van der Waals surface area contributed by atoms with Crippen LogP contribution in [0, 0.1) is 5.92 Å². The number of hydrogen-bond donors (Lipinski definition) is 0. The van der Waals surface area contributed by atoms with Crippen LogP contribution in [0.5, 0.6) is 0 Å². The third-order valence-electron chi connectivity index (χ3n) is 2.44. The van der Waals surface area contributed by atoms with Gasteiger partial charge in [0.25, 0.3) is 0 Å². The largest absolute Gasteiger partial charge is 0.388 e. The SMILES string of the molecule is CC(C)CC1C(=O)OC(=O)c2sccc21. The van der Waals surface area contributed by atoms with Gasteiger partial charge in [-0.3, -0.25) is 4.79 Å². The first-order valence-corrected chi connectivity index (χ1v) is 5.81. The molecule has 1 aliphatic heterocycles. The van der Waals surface area contributed by atoms with Gasteiger partial charge in [0.2, 0.25) is 0 Å². The maximum absolute atomic E-state index is 11.6. The van der Waals surface area contributed by atoms with Crippen LogP contribution in [0.25, 0.3) is 0 Å². The Bertz CT molecular complexity index is 406. The van der Waals surface area contributed by atoms with Gasteiger partial charge in [-0.25, -0.2) is 4.79 Å². The third-order valence-corrected chi connectivity index (χ3v) is 3.35. The zero-order valence-corrected chi connectivity index (χ0v) is 9.47. The number of fused-ring (bicyclic) bond motifs is 1. The van der Waals surface area contributed by atoms with Crippen molar-refractivity contribution in [2.24, 2.45) is 5.92 Å². The van der Waals surface area contributed by atoms with Gasteiger partial charge in [0.15, 0.2) is 0 Å². The van der Waals surface area contributed by atoms with Gasteiger partial charge in [0, 0.05) is 0 Å². The predicted molar refractivity (Wildman–Crippen MR) is 56.9 cm³/mol. The lowest BCUT2D eigenvalue weighted by molar-refractivity contribution is -0.140. The fourth-order valence-corrected chi connectivity index (χ4v) is 2.62. The van der Waals surface area contributed by atoms with Crippen LogP contribution < -0.4 is 0 Å². The van der Waals surface area contributed by atoms with E-state index in [1.54, 1.807) is 0 Å². The summed E-state index contributed by atoms with van der Waals surface area (Å²) in [6.45, 7) is 4.10. The van der Waals surface area contributed by atoms with Crippen molar-refractivity contribution in [3.8, 4) is 0 Å². The maximum Gasteiger partial charge on any atom is 0.356 e. The first-order chi connectivity index (χ1) is 7.09. The van der Waals surface area contributed by atoms with Crippen molar-refractivity contribution in [2.75, 3.05) is 0 Å². The molecular formula is C11H12O3S. The van der Waals surface area contributed by atoms with Crippen molar-refractivity contribution >= 4 is 23.3 Å². The standard InChI is InChI=1S/C11H12O3S/c1-6(2)5-8-7-3-4-15-9(7)11(13)14-10(8)12/h3-4,6,8H,5H2,1-2H3. The Hall–Kier alpha value is -1.16. The van der Waals surface area contributed by atoms with E-state index in [-0.39, 0.29) is 5.92 Å². The Morgan fingerprint density at radius 2 is 2.20 bits per heavy atom. The Morgan fingerprint density at radius 1 is 1.47 bits per heavy atom. The Morgan fingerprint density at radius 3 is 2.87 bits per heavy atom. The van der Waals surface area contributed by atoms with Gasteiger partial charge < -0.3 is 4.74 Å². The van der Waals surface area contributed by atoms with Crippen molar-refractivity contribution < 1.29 is 14.3 Å². The summed E-state index contributed by atoms with van der Waals surface area (Å²) in [5.74, 6) is -0.753. The quantitative estimate of drug-likeness (QED) is 0.573. The highest BCUT2D eigenvalue weighted by atomic mass is 32.1. The molecule has 1 aromatic rings. The van der Waals surface area contributed by atoms with Crippen molar-refractivity contribution in [1.29, 1.82) is 0 Å². The molecule has 4 heteroatoms. The highest BCUT2D eigenvalue weighted by molar-refractivity contribution is 7.12. The van der Waals surface area contributed by atoms with Gasteiger partial charge in [0.05, 0.1) is 5.92 Å². The molecule has 0 N–H and O–H groups in total. The van der Waals surface area contributed by atoms with Gasteiger partial charge in [-0.05, 0) is 29.3 Å². The Balaban J connectivity index is 2.36. The summed E-state index contributed by atoms with van der Waals surface area (Å²) in [5.41, 5.74) is 0.843. The lowest BCUT2D eigenvalue weighted by atomic mass is 9.89. The van der Waals surface area contributed by atoms with Crippen LogP contribution in [-0.2, 0) is 9.53 Å². The number of rotatable bonds is 2. The smallest absolute Gasteiger partial charge is 0.356 e. The molecule has 1 unspecified atom stereocenters. The molecule has 0 amide bonds. The highest BCUT2D eigenvalue weighted by Gasteiger charge is 2.35. The number of carbonyl (C=O) groups is 2. The first-order valence-electron chi connectivity index (χ1n) is 4.93. The van der Waals surface area contributed by atoms with Crippen LogP contribution in [0.15, 0.2) is 11.4 Å². The summed E-state index contributed by atoms with van der Waals surface area (Å²) in [7, 11) is 0. The summed E-state index contributed by atoms with van der Waals surface area (Å²) in [5, 5.41) is 1.83. The summed E-state index contributed by atoms with van der Waals surface area (Å²) >= 11 is 1.34. The molecular weight excluding hydrogens is 212 g/mol. The van der Waals surface area contributed by atoms with Crippen LogP contribution >= 0.6 is 11.3 Å². The number of ether oxygens (including phenoxy) is 1. The second kappa shape index (κ2) is 3.77. The molecule has 0 aromatic carbocycles. The average molecular weight is 224 g/mol. The highest BCUT2D eigenvalue weighted by Crippen LogP contribution is 2.35. The zero-order valence-electron chi connectivity index (χ0n) is 8.65. The minimum atomic E-state index is -0.495. The van der Waals surface area contributed by atoms with Gasteiger partial charge >= 0.3 is 11.9 Å². The fourth-order valence-electron chi connectivity index (χ4n) is 1.79. The molecule has 2 rings (SSSR count). The van der Waals surface area contributed by atoms with Crippen LogP contribution in [0.4, 0.5) is 0 Å². The minimum absolute atomic E-state index is 0.260. The van der Waals surface area contributed by atoms with Crippen molar-refractivity contribution in [3.05, 3.63) is 21.9 Å². The molecule has 0 spiro atoms. The molecule has 0 bridgehead atoms. The molecule has 0 fully saturated rings. The molecule has 1 aliphatic rings. The first kappa shape index (κ1) is 10.4. The molecule has 0 saturated carbocycles. The lowest BCUT2D eigenvalue weighted by Crippen LogP contribution is -2.27. The lowest BCUT2D eigenvalue weighted by Gasteiger charge is -2.21. The molecule has 80 valence electrons. The number of cyclic esters (lactones) is 2. The van der Waals surface area contributed by atoms with E-state index in [1.807, 2.05) is 11.4 Å². The van der Waals surface area contributed by atoms with Crippen LogP contribution in [-0.4, -0.2) is 11.9 Å². The van der Waals surface area contributed by atoms with E-state index in [4.69, 9.17) is 4.74 Å². The maximum atomic E-state index is 11.6. The number of thiophene rings is 1. The predicted octanol–water partition coefficient (Wildman–Crippen LogP) is 2.57. The van der Waals surface area contributed by atoms with Crippen LogP contribution in [0.3, 0.4) is 0 Å². The average Bonchev–Trinajstić information content (AvgIpc) is 2.60. The van der Waals surface area contributed by atoms with Gasteiger partial charge in [-0.2, -0.15) is 0 Å². The molecule has 0 radical (unpaired) electrons. The fraction of sp³-hybridized carbons (Fsp3) is 0.455. The summed E-state index contributed by atoms with van der Waals surface area (Å²) in [4.78, 5) is 23.5. The number of esters is 2. The summed E-state index contributed by atoms with van der Waals surface area (Å²) in [6, 6.07) is 1.85. The van der Waals surface area contributed by atoms with E-state index in [1.165, 1.54) is 11.3 Å². The van der Waals surface area contributed by atoms with Gasteiger partial charge in [-0.1, -0.05) is 13.8 Å². The van der Waals surface area contributed by atoms with E-state index in [0.717, 1.165) is 12.0 Å². The summed E-state index contributed by atoms with van der Waals surface area (Å²) in [6.07, 6.45) is 0.732. The molecule has 2 heterocycles. The normalized spacial score (nSPS) is 20.3.